The smallest absolute Gasteiger partial charge is 0.164 e. The van der Waals surface area contributed by atoms with Crippen molar-refractivity contribution >= 4 is 17.3 Å². The molecule has 90 valence electrons. The summed E-state index contributed by atoms with van der Waals surface area (Å²) in [7, 11) is 0. The van der Waals surface area contributed by atoms with Crippen molar-refractivity contribution in [3.63, 3.8) is 0 Å². The fourth-order valence-electron chi connectivity index (χ4n) is 1.44. The summed E-state index contributed by atoms with van der Waals surface area (Å²) in [5.41, 5.74) is 6.21. The van der Waals surface area contributed by atoms with Crippen LogP contribution in [0.5, 0.6) is 5.75 Å². The standard InChI is InChI=1S/C11H13ClN4O/c1-2-16-11(14-7-15-16)6-17-10-4-3-8(13)5-9(10)12/h3-5,7H,2,6,13H2,1H3. The zero-order valence-corrected chi connectivity index (χ0v) is 10.2. The molecule has 0 fully saturated rings. The lowest BCUT2D eigenvalue weighted by Crippen LogP contribution is -2.07. The maximum absolute atomic E-state index is 6.00. The summed E-state index contributed by atoms with van der Waals surface area (Å²) in [6.07, 6.45) is 1.51. The van der Waals surface area contributed by atoms with Gasteiger partial charge in [0.25, 0.3) is 0 Å². The number of hydrogen-bond donors (Lipinski definition) is 1. The summed E-state index contributed by atoms with van der Waals surface area (Å²) >= 11 is 6.00. The zero-order chi connectivity index (χ0) is 12.3. The Hall–Kier alpha value is -1.75. The molecule has 0 aliphatic rings. The second kappa shape index (κ2) is 5.05. The highest BCUT2D eigenvalue weighted by atomic mass is 35.5. The van der Waals surface area contributed by atoms with Crippen LogP contribution in [0.25, 0.3) is 0 Å². The Labute approximate surface area is 104 Å². The summed E-state index contributed by atoms with van der Waals surface area (Å²) in [5, 5.41) is 4.55. The molecule has 5 nitrogen and oxygen atoms in total. The van der Waals surface area contributed by atoms with Gasteiger partial charge in [-0.15, -0.1) is 0 Å². The average molecular weight is 253 g/mol. The Morgan fingerprint density at radius 2 is 2.29 bits per heavy atom. The Morgan fingerprint density at radius 3 is 3.00 bits per heavy atom. The molecule has 6 heteroatoms. The van der Waals surface area contributed by atoms with E-state index in [9.17, 15) is 0 Å². The van der Waals surface area contributed by atoms with E-state index in [1.807, 2.05) is 6.92 Å². The first-order valence-electron chi connectivity index (χ1n) is 5.25. The summed E-state index contributed by atoms with van der Waals surface area (Å²) in [6.45, 7) is 3.08. The lowest BCUT2D eigenvalue weighted by Gasteiger charge is -2.08. The molecular weight excluding hydrogens is 240 g/mol. The maximum Gasteiger partial charge on any atom is 0.164 e. The molecule has 0 saturated heterocycles. The number of benzene rings is 1. The minimum absolute atomic E-state index is 0.331. The van der Waals surface area contributed by atoms with Gasteiger partial charge in [0.05, 0.1) is 5.02 Å². The van der Waals surface area contributed by atoms with Gasteiger partial charge in [-0.2, -0.15) is 5.10 Å². The van der Waals surface area contributed by atoms with Crippen molar-refractivity contribution in [2.24, 2.45) is 0 Å². The first kappa shape index (κ1) is 11.7. The predicted octanol–water partition coefficient (Wildman–Crippen LogP) is 2.11. The highest BCUT2D eigenvalue weighted by molar-refractivity contribution is 6.32. The van der Waals surface area contributed by atoms with Gasteiger partial charge in [-0.05, 0) is 25.1 Å². The monoisotopic (exact) mass is 252 g/mol. The topological polar surface area (TPSA) is 66.0 Å². The largest absolute Gasteiger partial charge is 0.484 e. The van der Waals surface area contributed by atoms with Crippen LogP contribution in [0.1, 0.15) is 12.7 Å². The number of hydrogen-bond acceptors (Lipinski definition) is 4. The molecule has 0 unspecified atom stereocenters. The first-order valence-corrected chi connectivity index (χ1v) is 5.63. The average Bonchev–Trinajstić information content (AvgIpc) is 2.75. The molecule has 1 aromatic heterocycles. The number of rotatable bonds is 4. The predicted molar refractivity (Wildman–Crippen MR) is 65.9 cm³/mol. The van der Waals surface area contributed by atoms with Crippen LogP contribution in [0.4, 0.5) is 5.69 Å². The number of nitrogen functional groups attached to an aromatic ring is 1. The third-order valence-corrected chi connectivity index (χ3v) is 2.60. The minimum atomic E-state index is 0.331. The van der Waals surface area contributed by atoms with Crippen molar-refractivity contribution in [2.45, 2.75) is 20.1 Å². The molecule has 0 atom stereocenters. The number of aryl methyl sites for hydroxylation is 1. The zero-order valence-electron chi connectivity index (χ0n) is 9.43. The van der Waals surface area contributed by atoms with E-state index in [1.54, 1.807) is 22.9 Å². The van der Waals surface area contributed by atoms with Crippen molar-refractivity contribution in [2.75, 3.05) is 5.73 Å². The number of nitrogens with zero attached hydrogens (tertiary/aromatic N) is 3. The normalized spacial score (nSPS) is 10.5. The number of aromatic nitrogens is 3. The molecule has 2 N–H and O–H groups in total. The molecule has 2 aromatic rings. The Balaban J connectivity index is 2.07. The summed E-state index contributed by atoms with van der Waals surface area (Å²) in [6, 6.07) is 5.14. The van der Waals surface area contributed by atoms with Gasteiger partial charge in [-0.3, -0.25) is 0 Å². The Bertz CT molecular complexity index is 512. The molecule has 2 rings (SSSR count). The molecular formula is C11H13ClN4O. The van der Waals surface area contributed by atoms with E-state index in [0.29, 0.717) is 23.1 Å². The van der Waals surface area contributed by atoms with Crippen molar-refractivity contribution < 1.29 is 4.74 Å². The van der Waals surface area contributed by atoms with Gasteiger partial charge in [0.2, 0.25) is 0 Å². The highest BCUT2D eigenvalue weighted by Gasteiger charge is 2.06. The fraction of sp³-hybridized carbons (Fsp3) is 0.273. The van der Waals surface area contributed by atoms with Crippen LogP contribution in [0, 0.1) is 0 Å². The van der Waals surface area contributed by atoms with E-state index in [-0.39, 0.29) is 0 Å². The molecule has 1 aromatic carbocycles. The van der Waals surface area contributed by atoms with E-state index in [4.69, 9.17) is 22.1 Å². The van der Waals surface area contributed by atoms with Crippen molar-refractivity contribution in [3.8, 4) is 5.75 Å². The van der Waals surface area contributed by atoms with Gasteiger partial charge in [0.15, 0.2) is 5.82 Å². The lowest BCUT2D eigenvalue weighted by molar-refractivity contribution is 0.287. The molecule has 0 bridgehead atoms. The Kier molecular flexibility index (Phi) is 3.49. The molecule has 0 aliphatic heterocycles. The quantitative estimate of drug-likeness (QED) is 0.847. The molecule has 1 heterocycles. The van der Waals surface area contributed by atoms with Gasteiger partial charge in [-0.1, -0.05) is 11.6 Å². The van der Waals surface area contributed by atoms with Gasteiger partial charge < -0.3 is 10.5 Å². The molecule has 0 saturated carbocycles. The first-order chi connectivity index (χ1) is 8.20. The third kappa shape index (κ3) is 2.68. The maximum atomic E-state index is 6.00. The van der Waals surface area contributed by atoms with E-state index >= 15 is 0 Å². The van der Waals surface area contributed by atoms with Crippen LogP contribution in [-0.2, 0) is 13.2 Å². The second-order valence-electron chi connectivity index (χ2n) is 3.47. The van der Waals surface area contributed by atoms with Crippen LogP contribution in [-0.4, -0.2) is 14.8 Å². The van der Waals surface area contributed by atoms with E-state index in [2.05, 4.69) is 10.1 Å². The van der Waals surface area contributed by atoms with Crippen LogP contribution >= 0.6 is 11.6 Å². The molecule has 17 heavy (non-hydrogen) atoms. The Morgan fingerprint density at radius 1 is 1.47 bits per heavy atom. The number of halogens is 1. The lowest BCUT2D eigenvalue weighted by atomic mass is 10.3. The van der Waals surface area contributed by atoms with E-state index in [1.165, 1.54) is 6.33 Å². The molecule has 0 amide bonds. The molecule has 0 radical (unpaired) electrons. The van der Waals surface area contributed by atoms with Gasteiger partial charge >= 0.3 is 0 Å². The van der Waals surface area contributed by atoms with Crippen molar-refractivity contribution in [3.05, 3.63) is 35.4 Å². The van der Waals surface area contributed by atoms with Gasteiger partial charge in [0, 0.05) is 12.2 Å². The molecule has 0 spiro atoms. The summed E-state index contributed by atoms with van der Waals surface area (Å²) in [4.78, 5) is 4.11. The van der Waals surface area contributed by atoms with Crippen LogP contribution < -0.4 is 10.5 Å². The van der Waals surface area contributed by atoms with Crippen LogP contribution in [0.3, 0.4) is 0 Å². The number of nitrogens with two attached hydrogens (primary N) is 1. The SMILES string of the molecule is CCn1ncnc1COc1ccc(N)cc1Cl. The summed E-state index contributed by atoms with van der Waals surface area (Å²) in [5.74, 6) is 1.35. The van der Waals surface area contributed by atoms with Gasteiger partial charge in [0.1, 0.15) is 18.7 Å². The van der Waals surface area contributed by atoms with Crippen molar-refractivity contribution in [1.82, 2.24) is 14.8 Å². The van der Waals surface area contributed by atoms with E-state index < -0.39 is 0 Å². The van der Waals surface area contributed by atoms with E-state index in [0.717, 1.165) is 12.4 Å². The summed E-state index contributed by atoms with van der Waals surface area (Å²) < 4.78 is 7.34. The second-order valence-corrected chi connectivity index (χ2v) is 3.88. The van der Waals surface area contributed by atoms with Crippen LogP contribution in [0.2, 0.25) is 5.02 Å². The molecule has 0 aliphatic carbocycles. The van der Waals surface area contributed by atoms with Gasteiger partial charge in [-0.25, -0.2) is 9.67 Å². The number of ether oxygens (including phenoxy) is 1. The number of anilines is 1. The highest BCUT2D eigenvalue weighted by Crippen LogP contribution is 2.26. The minimum Gasteiger partial charge on any atom is -0.484 e. The third-order valence-electron chi connectivity index (χ3n) is 2.31. The fourth-order valence-corrected chi connectivity index (χ4v) is 1.68. The van der Waals surface area contributed by atoms with Crippen molar-refractivity contribution in [1.29, 1.82) is 0 Å². The van der Waals surface area contributed by atoms with Crippen LogP contribution in [0.15, 0.2) is 24.5 Å².